The third-order valence-electron chi connectivity index (χ3n) is 4.91. The molecule has 1 aliphatic rings. The van der Waals surface area contributed by atoms with Gasteiger partial charge in [0.05, 0.1) is 0 Å². The summed E-state index contributed by atoms with van der Waals surface area (Å²) >= 11 is 6.07. The Kier molecular flexibility index (Phi) is 5.61. The second kappa shape index (κ2) is 7.83. The van der Waals surface area contributed by atoms with Crippen LogP contribution in [0.4, 0.5) is 14.9 Å². The Labute approximate surface area is 173 Å². The normalized spacial score (nSPS) is 18.9. The third kappa shape index (κ3) is 4.10. The fraction of sp³-hybridized carbons (Fsp3) is 0.286. The van der Waals surface area contributed by atoms with Gasteiger partial charge in [-0.2, -0.15) is 0 Å². The molecule has 0 radical (unpaired) electrons. The van der Waals surface area contributed by atoms with Crippen LogP contribution in [0.3, 0.4) is 0 Å². The molecule has 6 nitrogen and oxygen atoms in total. The lowest BCUT2D eigenvalue weighted by atomic mass is 9.92. The maximum atomic E-state index is 13.3. The van der Waals surface area contributed by atoms with E-state index >= 15 is 0 Å². The Morgan fingerprint density at radius 3 is 2.45 bits per heavy atom. The van der Waals surface area contributed by atoms with Gasteiger partial charge in [-0.05, 0) is 42.7 Å². The van der Waals surface area contributed by atoms with Gasteiger partial charge in [0.25, 0.3) is 5.91 Å². The average Bonchev–Trinajstić information content (AvgIpc) is 2.85. The van der Waals surface area contributed by atoms with Crippen molar-refractivity contribution in [2.45, 2.75) is 32.2 Å². The number of anilines is 1. The smallest absolute Gasteiger partial charge is 0.325 e. The van der Waals surface area contributed by atoms with Gasteiger partial charge >= 0.3 is 6.03 Å². The van der Waals surface area contributed by atoms with Crippen molar-refractivity contribution in [2.24, 2.45) is 0 Å². The Bertz CT molecular complexity index is 978. The first-order chi connectivity index (χ1) is 13.6. The zero-order chi connectivity index (χ0) is 21.3. The van der Waals surface area contributed by atoms with E-state index in [-0.39, 0.29) is 10.6 Å². The Morgan fingerprint density at radius 2 is 1.86 bits per heavy atom. The van der Waals surface area contributed by atoms with Crippen LogP contribution in [0.15, 0.2) is 42.5 Å². The number of benzene rings is 2. The van der Waals surface area contributed by atoms with Gasteiger partial charge in [0.1, 0.15) is 17.9 Å². The first kappa shape index (κ1) is 20.8. The Balaban J connectivity index is 1.73. The van der Waals surface area contributed by atoms with Crippen LogP contribution in [0.1, 0.15) is 37.8 Å². The molecule has 8 heteroatoms. The summed E-state index contributed by atoms with van der Waals surface area (Å²) in [7, 11) is 0. The van der Waals surface area contributed by atoms with Crippen molar-refractivity contribution in [1.82, 2.24) is 10.2 Å². The standard InChI is InChI=1S/C21H21ClFN3O3/c1-12(2)13-4-7-15(8-5-13)24-18(27)11-26-19(28)21(3,25-20(26)29)16-9-6-14(23)10-17(16)22/h4-10,12H,11H2,1-3H3,(H,24,27)(H,25,29). The van der Waals surface area contributed by atoms with Gasteiger partial charge in [-0.15, -0.1) is 0 Å². The molecule has 1 aliphatic heterocycles. The minimum atomic E-state index is -1.49. The molecule has 0 bridgehead atoms. The molecule has 2 aromatic rings. The molecule has 1 atom stereocenters. The number of carbonyl (C=O) groups excluding carboxylic acids is 3. The molecule has 2 N–H and O–H groups in total. The number of amides is 4. The van der Waals surface area contributed by atoms with E-state index in [2.05, 4.69) is 24.5 Å². The van der Waals surface area contributed by atoms with E-state index < -0.39 is 35.7 Å². The van der Waals surface area contributed by atoms with Gasteiger partial charge in [-0.1, -0.05) is 43.6 Å². The number of imide groups is 1. The quantitative estimate of drug-likeness (QED) is 0.721. The summed E-state index contributed by atoms with van der Waals surface area (Å²) in [5.41, 5.74) is 0.465. The van der Waals surface area contributed by atoms with E-state index in [1.165, 1.54) is 13.0 Å². The van der Waals surface area contributed by atoms with E-state index in [1.807, 2.05) is 12.1 Å². The topological polar surface area (TPSA) is 78.5 Å². The summed E-state index contributed by atoms with van der Waals surface area (Å²) in [6, 6.07) is 10.2. The van der Waals surface area contributed by atoms with Crippen LogP contribution < -0.4 is 10.6 Å². The van der Waals surface area contributed by atoms with Crippen LogP contribution in [0.2, 0.25) is 5.02 Å². The second-order valence-corrected chi connectivity index (χ2v) is 7.80. The van der Waals surface area contributed by atoms with E-state index in [9.17, 15) is 18.8 Å². The van der Waals surface area contributed by atoms with Gasteiger partial charge in [0, 0.05) is 16.3 Å². The molecular weight excluding hydrogens is 397 g/mol. The van der Waals surface area contributed by atoms with Gasteiger partial charge < -0.3 is 10.6 Å². The van der Waals surface area contributed by atoms with Gasteiger partial charge in [-0.25, -0.2) is 9.18 Å². The lowest BCUT2D eigenvalue weighted by Crippen LogP contribution is -2.42. The summed E-state index contributed by atoms with van der Waals surface area (Å²) in [4.78, 5) is 38.4. The predicted molar refractivity (Wildman–Crippen MR) is 108 cm³/mol. The summed E-state index contributed by atoms with van der Waals surface area (Å²) < 4.78 is 13.3. The molecule has 0 aliphatic carbocycles. The van der Waals surface area contributed by atoms with Crippen LogP contribution in [0.5, 0.6) is 0 Å². The first-order valence-corrected chi connectivity index (χ1v) is 9.49. The molecule has 152 valence electrons. The van der Waals surface area contributed by atoms with Crippen LogP contribution in [0.25, 0.3) is 0 Å². The van der Waals surface area contributed by atoms with Crippen LogP contribution in [-0.2, 0) is 15.1 Å². The number of halogens is 2. The number of nitrogens with zero attached hydrogens (tertiary/aromatic N) is 1. The molecule has 1 fully saturated rings. The number of hydrogen-bond acceptors (Lipinski definition) is 3. The minimum Gasteiger partial charge on any atom is -0.325 e. The molecule has 3 rings (SSSR count). The molecule has 29 heavy (non-hydrogen) atoms. The molecule has 0 saturated carbocycles. The third-order valence-corrected chi connectivity index (χ3v) is 5.22. The van der Waals surface area contributed by atoms with Crippen LogP contribution in [0, 0.1) is 5.82 Å². The monoisotopic (exact) mass is 417 g/mol. The van der Waals surface area contributed by atoms with E-state index in [4.69, 9.17) is 11.6 Å². The fourth-order valence-electron chi connectivity index (χ4n) is 3.21. The highest BCUT2D eigenvalue weighted by atomic mass is 35.5. The van der Waals surface area contributed by atoms with Crippen molar-refractivity contribution in [3.8, 4) is 0 Å². The van der Waals surface area contributed by atoms with Crippen molar-refractivity contribution >= 4 is 35.1 Å². The maximum absolute atomic E-state index is 13.3. The van der Waals surface area contributed by atoms with Crippen LogP contribution in [-0.4, -0.2) is 29.3 Å². The minimum absolute atomic E-state index is 0.0118. The van der Waals surface area contributed by atoms with E-state index in [1.54, 1.807) is 12.1 Å². The molecule has 2 aromatic carbocycles. The largest absolute Gasteiger partial charge is 0.325 e. The summed E-state index contributed by atoms with van der Waals surface area (Å²) in [5, 5.41) is 5.23. The number of rotatable bonds is 5. The van der Waals surface area contributed by atoms with E-state index in [0.29, 0.717) is 11.6 Å². The van der Waals surface area contributed by atoms with Crippen molar-refractivity contribution < 1.29 is 18.8 Å². The number of urea groups is 1. The predicted octanol–water partition coefficient (Wildman–Crippen LogP) is 4.01. The first-order valence-electron chi connectivity index (χ1n) is 9.11. The average molecular weight is 418 g/mol. The zero-order valence-electron chi connectivity index (χ0n) is 16.3. The molecule has 1 heterocycles. The highest BCUT2D eigenvalue weighted by Gasteiger charge is 2.50. The van der Waals surface area contributed by atoms with Crippen LogP contribution >= 0.6 is 11.6 Å². The Morgan fingerprint density at radius 1 is 1.21 bits per heavy atom. The van der Waals surface area contributed by atoms with Crippen molar-refractivity contribution in [3.05, 3.63) is 64.4 Å². The molecule has 4 amide bonds. The van der Waals surface area contributed by atoms with E-state index in [0.717, 1.165) is 22.6 Å². The fourth-order valence-corrected chi connectivity index (χ4v) is 3.57. The maximum Gasteiger partial charge on any atom is 0.325 e. The zero-order valence-corrected chi connectivity index (χ0v) is 17.0. The highest BCUT2D eigenvalue weighted by Crippen LogP contribution is 2.34. The summed E-state index contributed by atoms with van der Waals surface area (Å²) in [6.07, 6.45) is 0. The molecule has 1 unspecified atom stereocenters. The SMILES string of the molecule is CC(C)c1ccc(NC(=O)CN2C(=O)NC(C)(c3ccc(F)cc3Cl)C2=O)cc1. The Hall–Kier alpha value is -2.93. The van der Waals surface area contributed by atoms with Crippen molar-refractivity contribution in [3.63, 3.8) is 0 Å². The molecule has 0 aromatic heterocycles. The number of hydrogen-bond donors (Lipinski definition) is 2. The summed E-state index contributed by atoms with van der Waals surface area (Å²) in [6.45, 7) is 5.14. The van der Waals surface area contributed by atoms with Crippen molar-refractivity contribution in [1.29, 1.82) is 0 Å². The lowest BCUT2D eigenvalue weighted by molar-refractivity contribution is -0.133. The highest BCUT2D eigenvalue weighted by molar-refractivity contribution is 6.32. The van der Waals surface area contributed by atoms with Crippen molar-refractivity contribution in [2.75, 3.05) is 11.9 Å². The molecular formula is C21H21ClFN3O3. The second-order valence-electron chi connectivity index (χ2n) is 7.40. The summed E-state index contributed by atoms with van der Waals surface area (Å²) in [5.74, 6) is -1.35. The van der Waals surface area contributed by atoms with Gasteiger partial charge in [-0.3, -0.25) is 14.5 Å². The number of nitrogens with one attached hydrogen (secondary N) is 2. The van der Waals surface area contributed by atoms with Gasteiger partial charge in [0.2, 0.25) is 5.91 Å². The number of carbonyl (C=O) groups is 3. The van der Waals surface area contributed by atoms with Gasteiger partial charge in [0.15, 0.2) is 0 Å². The molecule has 1 saturated heterocycles. The molecule has 0 spiro atoms. The lowest BCUT2D eigenvalue weighted by Gasteiger charge is -2.23.